The first-order valence-electron chi connectivity index (χ1n) is 14.0. The first kappa shape index (κ1) is 27.1. The van der Waals surface area contributed by atoms with Crippen molar-refractivity contribution in [3.8, 4) is 11.5 Å². The van der Waals surface area contributed by atoms with Crippen LogP contribution in [-0.4, -0.2) is 69.8 Å². The van der Waals surface area contributed by atoms with Crippen LogP contribution in [0.25, 0.3) is 6.08 Å². The summed E-state index contributed by atoms with van der Waals surface area (Å²) in [6.45, 7) is 5.19. The van der Waals surface area contributed by atoms with E-state index in [4.69, 9.17) is 4.74 Å². The topological polar surface area (TPSA) is 73.2 Å². The van der Waals surface area contributed by atoms with Gasteiger partial charge < -0.3 is 24.7 Å². The van der Waals surface area contributed by atoms with Gasteiger partial charge in [0.05, 0.1) is 22.6 Å². The minimum atomic E-state index is -4.47. The lowest BCUT2D eigenvalue weighted by Crippen LogP contribution is -2.78. The summed E-state index contributed by atoms with van der Waals surface area (Å²) in [4.78, 5) is 17.7. The molecule has 2 aliphatic carbocycles. The maximum absolute atomic E-state index is 13.8. The van der Waals surface area contributed by atoms with E-state index in [1.54, 1.807) is 11.0 Å². The lowest BCUT2D eigenvalue weighted by molar-refractivity contribution is -0.197. The average molecular weight is 557 g/mol. The number of carbonyl (C=O) groups is 1. The van der Waals surface area contributed by atoms with Crippen molar-refractivity contribution in [2.45, 2.75) is 74.9 Å². The number of aromatic hydroxyl groups is 1. The van der Waals surface area contributed by atoms with E-state index in [9.17, 15) is 28.2 Å². The number of hydrogen-bond donors (Lipinski definition) is 2. The molecule has 0 aromatic heterocycles. The average Bonchev–Trinajstić information content (AvgIpc) is 3.25. The number of phenolic OH excluding ortho intramolecular Hbond substituents is 1. The van der Waals surface area contributed by atoms with Crippen LogP contribution in [0.1, 0.15) is 55.4 Å². The molecular formula is C31H35F3N2O4. The fraction of sp³-hybridized carbons (Fsp3) is 0.516. The van der Waals surface area contributed by atoms with E-state index in [0.717, 1.165) is 29.8 Å². The van der Waals surface area contributed by atoms with Crippen molar-refractivity contribution in [3.63, 3.8) is 0 Å². The molecule has 6 nitrogen and oxygen atoms in total. The molecule has 2 aromatic carbocycles. The SMILES string of the molecule is CC(C)CN(C(=O)C=Cc1cccc(C(F)(F)F)c1)[C@@H]1CC[C@@]2(O)[C@H]3Cc4ccc(O)c5c4[C@@]2(CCN3C)[C@H]1O5. The third-order valence-electron chi connectivity index (χ3n) is 9.58. The van der Waals surface area contributed by atoms with Gasteiger partial charge in [0.1, 0.15) is 6.10 Å². The third-order valence-corrected chi connectivity index (χ3v) is 9.58. The van der Waals surface area contributed by atoms with Gasteiger partial charge >= 0.3 is 6.18 Å². The number of piperidine rings is 1. The van der Waals surface area contributed by atoms with Crippen LogP contribution >= 0.6 is 0 Å². The minimum absolute atomic E-state index is 0.0344. The smallest absolute Gasteiger partial charge is 0.416 e. The lowest BCUT2D eigenvalue weighted by atomic mass is 9.48. The van der Waals surface area contributed by atoms with Crippen molar-refractivity contribution < 1.29 is 32.9 Å². The normalized spacial score (nSPS) is 30.9. The molecule has 0 radical (unpaired) electrons. The summed E-state index contributed by atoms with van der Waals surface area (Å²) in [5.74, 6) is 0.246. The Labute approximate surface area is 232 Å². The standard InChI is InChI=1S/C31H35F3N2O4/c1-18(2)17-36(25(38)10-7-19-5-4-6-21(15-19)31(32,33)34)22-11-12-30(39)24-16-20-8-9-23(37)27-26(20)29(30,28(22)40-27)13-14-35(24)3/h4-10,15,18,22,24,28,37,39H,11-14,16-17H2,1-3H3/t22-,24-,28+,29+,30-/m1/s1. The van der Waals surface area contributed by atoms with Gasteiger partial charge in [0.15, 0.2) is 11.5 Å². The molecule has 1 amide bonds. The molecule has 5 atom stereocenters. The summed E-state index contributed by atoms with van der Waals surface area (Å²) < 4.78 is 46.2. The highest BCUT2D eigenvalue weighted by atomic mass is 19.4. The second kappa shape index (κ2) is 9.24. The van der Waals surface area contributed by atoms with Crippen molar-refractivity contribution in [2.75, 3.05) is 20.1 Å². The number of amides is 1. The molecule has 2 N–H and O–H groups in total. The molecule has 2 bridgehead atoms. The fourth-order valence-electron chi connectivity index (χ4n) is 7.91. The predicted molar refractivity (Wildman–Crippen MR) is 144 cm³/mol. The zero-order valence-corrected chi connectivity index (χ0v) is 22.9. The maximum atomic E-state index is 13.8. The Kier molecular flexibility index (Phi) is 6.27. The monoisotopic (exact) mass is 556 g/mol. The Morgan fingerprint density at radius 2 is 2.02 bits per heavy atom. The van der Waals surface area contributed by atoms with Crippen molar-refractivity contribution >= 4 is 12.0 Å². The highest BCUT2D eigenvalue weighted by Gasteiger charge is 2.73. The lowest BCUT2D eigenvalue weighted by Gasteiger charge is -2.64. The Bertz CT molecular complexity index is 1370. The van der Waals surface area contributed by atoms with E-state index >= 15 is 0 Å². The molecular weight excluding hydrogens is 521 g/mol. The van der Waals surface area contributed by atoms with Crippen LogP contribution in [0.5, 0.6) is 11.5 Å². The number of halogens is 3. The molecule has 6 rings (SSSR count). The highest BCUT2D eigenvalue weighted by Crippen LogP contribution is 2.65. The minimum Gasteiger partial charge on any atom is -0.504 e. The Morgan fingerprint density at radius 3 is 2.75 bits per heavy atom. The number of phenols is 1. The van der Waals surface area contributed by atoms with Crippen molar-refractivity contribution in [1.82, 2.24) is 9.80 Å². The molecule has 1 saturated carbocycles. The van der Waals surface area contributed by atoms with Crippen LogP contribution in [-0.2, 0) is 22.8 Å². The number of aliphatic hydroxyl groups is 1. The van der Waals surface area contributed by atoms with Crippen LogP contribution < -0.4 is 4.74 Å². The molecule has 2 fully saturated rings. The largest absolute Gasteiger partial charge is 0.504 e. The van der Waals surface area contributed by atoms with Crippen LogP contribution in [0.4, 0.5) is 13.2 Å². The molecule has 1 spiro atoms. The Morgan fingerprint density at radius 1 is 1.25 bits per heavy atom. The van der Waals surface area contributed by atoms with E-state index in [-0.39, 0.29) is 35.2 Å². The number of ether oxygens (including phenoxy) is 1. The van der Waals surface area contributed by atoms with Crippen LogP contribution in [0.2, 0.25) is 0 Å². The van der Waals surface area contributed by atoms with Gasteiger partial charge in [-0.2, -0.15) is 13.2 Å². The summed E-state index contributed by atoms with van der Waals surface area (Å²) in [5, 5.41) is 23.2. The summed E-state index contributed by atoms with van der Waals surface area (Å²) in [5.41, 5.74) is -0.390. The first-order chi connectivity index (χ1) is 18.9. The number of likely N-dealkylation sites (tertiary alicyclic amines) is 1. The van der Waals surface area contributed by atoms with Gasteiger partial charge in [-0.1, -0.05) is 32.0 Å². The molecule has 2 heterocycles. The van der Waals surface area contributed by atoms with E-state index in [1.165, 1.54) is 24.3 Å². The number of benzene rings is 2. The molecule has 0 unspecified atom stereocenters. The van der Waals surface area contributed by atoms with Crippen LogP contribution in [0.15, 0.2) is 42.5 Å². The third kappa shape index (κ3) is 3.88. The summed E-state index contributed by atoms with van der Waals surface area (Å²) in [6, 6.07) is 7.97. The van der Waals surface area contributed by atoms with E-state index < -0.39 is 28.9 Å². The van der Waals surface area contributed by atoms with Gasteiger partial charge in [-0.05, 0) is 80.6 Å². The zero-order chi connectivity index (χ0) is 28.6. The second-order valence-corrected chi connectivity index (χ2v) is 12.3. The predicted octanol–water partition coefficient (Wildman–Crippen LogP) is 4.76. The van der Waals surface area contributed by atoms with Crippen molar-refractivity contribution in [2.24, 2.45) is 5.92 Å². The maximum Gasteiger partial charge on any atom is 0.416 e. The van der Waals surface area contributed by atoms with Gasteiger partial charge in [-0.25, -0.2) is 0 Å². The summed E-state index contributed by atoms with van der Waals surface area (Å²) in [7, 11) is 2.03. The number of alkyl halides is 3. The highest BCUT2D eigenvalue weighted by molar-refractivity contribution is 5.92. The number of nitrogens with zero attached hydrogens (tertiary/aromatic N) is 2. The van der Waals surface area contributed by atoms with Gasteiger partial charge in [0, 0.05) is 24.2 Å². The van der Waals surface area contributed by atoms with Crippen molar-refractivity contribution in [1.29, 1.82) is 0 Å². The molecule has 214 valence electrons. The number of hydrogen-bond acceptors (Lipinski definition) is 5. The molecule has 40 heavy (non-hydrogen) atoms. The zero-order valence-electron chi connectivity index (χ0n) is 22.9. The molecule has 2 aliphatic heterocycles. The van der Waals surface area contributed by atoms with Crippen LogP contribution in [0.3, 0.4) is 0 Å². The molecule has 9 heteroatoms. The van der Waals surface area contributed by atoms with Crippen LogP contribution in [0, 0.1) is 5.92 Å². The summed E-state index contributed by atoms with van der Waals surface area (Å²) >= 11 is 0. The van der Waals surface area contributed by atoms with E-state index in [1.807, 2.05) is 27.0 Å². The number of rotatable bonds is 5. The first-order valence-corrected chi connectivity index (χ1v) is 14.0. The van der Waals surface area contributed by atoms with Gasteiger partial charge in [-0.15, -0.1) is 0 Å². The summed E-state index contributed by atoms with van der Waals surface area (Å²) in [6.07, 6.45) is -0.0109. The fourth-order valence-corrected chi connectivity index (χ4v) is 7.91. The van der Waals surface area contributed by atoms with E-state index in [2.05, 4.69) is 4.90 Å². The second-order valence-electron chi connectivity index (χ2n) is 12.3. The molecule has 4 aliphatic rings. The Balaban J connectivity index is 1.38. The molecule has 2 aromatic rings. The molecule has 1 saturated heterocycles. The van der Waals surface area contributed by atoms with Gasteiger partial charge in [-0.3, -0.25) is 4.79 Å². The van der Waals surface area contributed by atoms with Crippen molar-refractivity contribution in [3.05, 3.63) is 64.7 Å². The Hall–Kier alpha value is -3.04. The van der Waals surface area contributed by atoms with Gasteiger partial charge in [0.2, 0.25) is 5.91 Å². The van der Waals surface area contributed by atoms with E-state index in [0.29, 0.717) is 38.0 Å². The quantitative estimate of drug-likeness (QED) is 0.520. The number of carbonyl (C=O) groups excluding carboxylic acids is 1. The van der Waals surface area contributed by atoms with Gasteiger partial charge in [0.25, 0.3) is 0 Å². The number of likely N-dealkylation sites (N-methyl/N-ethyl adjacent to an activating group) is 1.